The van der Waals surface area contributed by atoms with Crippen molar-refractivity contribution in [3.05, 3.63) is 65.1 Å². The molecule has 1 aliphatic rings. The molecule has 26 heavy (non-hydrogen) atoms. The minimum absolute atomic E-state index is 0.0875. The van der Waals surface area contributed by atoms with Crippen LogP contribution in [0.3, 0.4) is 0 Å². The molecular formula is C22H25N3O. The van der Waals surface area contributed by atoms with Crippen LogP contribution in [-0.4, -0.2) is 34.4 Å². The molecule has 134 valence electrons. The van der Waals surface area contributed by atoms with Crippen molar-refractivity contribution in [2.45, 2.75) is 32.6 Å². The molecule has 1 unspecified atom stereocenters. The van der Waals surface area contributed by atoms with Crippen LogP contribution in [0.25, 0.3) is 10.9 Å². The number of hydrogen-bond donors (Lipinski definition) is 1. The average Bonchev–Trinajstić information content (AvgIpc) is 3.03. The Kier molecular flexibility index (Phi) is 4.49. The van der Waals surface area contributed by atoms with Gasteiger partial charge in [0, 0.05) is 48.5 Å². The Hall–Kier alpha value is -2.62. The zero-order chi connectivity index (χ0) is 18.1. The second kappa shape index (κ2) is 6.94. The molecule has 0 bridgehead atoms. The van der Waals surface area contributed by atoms with Gasteiger partial charge < -0.3 is 9.88 Å². The maximum absolute atomic E-state index is 13.0. The molecule has 1 amide bonds. The van der Waals surface area contributed by atoms with Crippen LogP contribution >= 0.6 is 0 Å². The molecule has 0 radical (unpaired) electrons. The van der Waals surface area contributed by atoms with Gasteiger partial charge >= 0.3 is 0 Å². The van der Waals surface area contributed by atoms with E-state index < -0.39 is 0 Å². The summed E-state index contributed by atoms with van der Waals surface area (Å²) in [7, 11) is 1.93. The lowest BCUT2D eigenvalue weighted by Crippen LogP contribution is -2.36. The summed E-state index contributed by atoms with van der Waals surface area (Å²) in [6.07, 6.45) is 7.21. The summed E-state index contributed by atoms with van der Waals surface area (Å²) in [6.45, 7) is 2.87. The fraction of sp³-hybridized carbons (Fsp3) is 0.364. The Labute approximate surface area is 154 Å². The van der Waals surface area contributed by atoms with E-state index in [4.69, 9.17) is 0 Å². The zero-order valence-corrected chi connectivity index (χ0v) is 15.5. The van der Waals surface area contributed by atoms with Crippen LogP contribution in [0.5, 0.6) is 0 Å². The second-order valence-electron chi connectivity index (χ2n) is 7.44. The van der Waals surface area contributed by atoms with E-state index in [9.17, 15) is 4.79 Å². The Bertz CT molecular complexity index is 929. The predicted molar refractivity (Wildman–Crippen MR) is 104 cm³/mol. The average molecular weight is 347 g/mol. The minimum atomic E-state index is 0.0875. The van der Waals surface area contributed by atoms with Crippen molar-refractivity contribution in [1.29, 1.82) is 0 Å². The van der Waals surface area contributed by atoms with E-state index >= 15 is 0 Å². The Balaban J connectivity index is 1.46. The van der Waals surface area contributed by atoms with E-state index in [1.807, 2.05) is 24.1 Å². The minimum Gasteiger partial charge on any atom is -0.358 e. The van der Waals surface area contributed by atoms with E-state index in [0.29, 0.717) is 0 Å². The largest absolute Gasteiger partial charge is 0.358 e. The van der Waals surface area contributed by atoms with Gasteiger partial charge in [-0.3, -0.25) is 9.78 Å². The highest BCUT2D eigenvalue weighted by Crippen LogP contribution is 2.33. The topological polar surface area (TPSA) is 49.0 Å². The molecule has 2 aromatic heterocycles. The summed E-state index contributed by atoms with van der Waals surface area (Å²) in [4.78, 5) is 22.4. The first kappa shape index (κ1) is 16.8. The third-order valence-corrected chi connectivity index (χ3v) is 5.55. The first-order chi connectivity index (χ1) is 12.6. The quantitative estimate of drug-likeness (QED) is 0.783. The van der Waals surface area contributed by atoms with E-state index in [2.05, 4.69) is 35.1 Å². The normalized spacial score (nSPS) is 16.5. The summed E-state index contributed by atoms with van der Waals surface area (Å²) in [5, 5.41) is 1.29. The summed E-state index contributed by atoms with van der Waals surface area (Å²) in [5.41, 5.74) is 6.34. The highest BCUT2D eigenvalue weighted by atomic mass is 16.2. The number of aromatic amines is 1. The van der Waals surface area contributed by atoms with Gasteiger partial charge in [0.2, 0.25) is 5.91 Å². The maximum Gasteiger partial charge on any atom is 0.225 e. The molecule has 0 saturated carbocycles. The van der Waals surface area contributed by atoms with Crippen molar-refractivity contribution < 1.29 is 4.79 Å². The molecule has 1 atom stereocenters. The monoisotopic (exact) mass is 347 g/mol. The smallest absolute Gasteiger partial charge is 0.225 e. The number of carbonyl (C=O) groups excluding carboxylic acids is 1. The number of hydrogen-bond acceptors (Lipinski definition) is 2. The van der Waals surface area contributed by atoms with Gasteiger partial charge in [-0.05, 0) is 68.0 Å². The number of fused-ring (bicyclic) bond motifs is 3. The van der Waals surface area contributed by atoms with Crippen molar-refractivity contribution in [1.82, 2.24) is 14.9 Å². The van der Waals surface area contributed by atoms with Crippen molar-refractivity contribution in [2.75, 3.05) is 13.6 Å². The lowest BCUT2D eigenvalue weighted by Gasteiger charge is -2.27. The number of pyridine rings is 1. The SMILES string of the molecule is Cc1ccc2[nH]c3c(c2c1)CC(C(=O)N(C)CCc1ccncc1)CC3. The fourth-order valence-corrected chi connectivity index (χ4v) is 4.01. The molecule has 0 aliphatic heterocycles. The Morgan fingerprint density at radius 3 is 2.88 bits per heavy atom. The van der Waals surface area contributed by atoms with Crippen molar-refractivity contribution in [3.63, 3.8) is 0 Å². The molecule has 1 aromatic carbocycles. The number of rotatable bonds is 4. The highest BCUT2D eigenvalue weighted by molar-refractivity contribution is 5.87. The molecule has 1 aliphatic carbocycles. The number of H-pyrrole nitrogens is 1. The number of aryl methyl sites for hydroxylation is 2. The number of carbonyl (C=O) groups is 1. The molecule has 4 nitrogen and oxygen atoms in total. The van der Waals surface area contributed by atoms with E-state index in [1.54, 1.807) is 12.4 Å². The van der Waals surface area contributed by atoms with Gasteiger partial charge in [-0.2, -0.15) is 0 Å². The molecule has 0 fully saturated rings. The number of aromatic nitrogens is 2. The molecule has 4 heteroatoms. The molecule has 4 rings (SSSR count). The molecule has 0 spiro atoms. The number of likely N-dealkylation sites (N-methyl/N-ethyl adjacent to an activating group) is 1. The third-order valence-electron chi connectivity index (χ3n) is 5.55. The Morgan fingerprint density at radius 1 is 1.27 bits per heavy atom. The molecule has 1 N–H and O–H groups in total. The Morgan fingerprint density at radius 2 is 2.08 bits per heavy atom. The van der Waals surface area contributed by atoms with Gasteiger partial charge in [0.05, 0.1) is 0 Å². The maximum atomic E-state index is 13.0. The van der Waals surface area contributed by atoms with Crippen LogP contribution in [0.2, 0.25) is 0 Å². The predicted octanol–water partition coefficient (Wildman–Crippen LogP) is 3.68. The molecule has 3 aromatic rings. The van der Waals surface area contributed by atoms with Crippen LogP contribution < -0.4 is 0 Å². The van der Waals surface area contributed by atoms with Gasteiger partial charge in [-0.15, -0.1) is 0 Å². The lowest BCUT2D eigenvalue weighted by atomic mass is 9.85. The fourth-order valence-electron chi connectivity index (χ4n) is 4.01. The number of amides is 1. The van der Waals surface area contributed by atoms with E-state index in [1.165, 1.54) is 33.3 Å². The van der Waals surface area contributed by atoms with Crippen LogP contribution in [0, 0.1) is 12.8 Å². The summed E-state index contributed by atoms with van der Waals surface area (Å²) < 4.78 is 0. The van der Waals surface area contributed by atoms with Crippen LogP contribution in [0.1, 0.15) is 28.8 Å². The molecule has 0 saturated heterocycles. The van der Waals surface area contributed by atoms with Crippen LogP contribution in [0.4, 0.5) is 0 Å². The molecule has 2 heterocycles. The van der Waals surface area contributed by atoms with E-state index in [0.717, 1.165) is 32.2 Å². The lowest BCUT2D eigenvalue weighted by molar-refractivity contribution is -0.134. The summed E-state index contributed by atoms with van der Waals surface area (Å²) in [5.74, 6) is 0.358. The number of nitrogens with one attached hydrogen (secondary N) is 1. The molecular weight excluding hydrogens is 322 g/mol. The van der Waals surface area contributed by atoms with Crippen LogP contribution in [-0.2, 0) is 24.1 Å². The van der Waals surface area contributed by atoms with Gasteiger partial charge in [0.25, 0.3) is 0 Å². The summed E-state index contributed by atoms with van der Waals surface area (Å²) >= 11 is 0. The number of nitrogens with zero attached hydrogens (tertiary/aromatic N) is 2. The van der Waals surface area contributed by atoms with Crippen LogP contribution in [0.15, 0.2) is 42.7 Å². The third kappa shape index (κ3) is 3.24. The van der Waals surface area contributed by atoms with Gasteiger partial charge in [-0.25, -0.2) is 0 Å². The summed E-state index contributed by atoms with van der Waals surface area (Å²) in [6, 6.07) is 10.6. The standard InChI is InChI=1S/C22H25N3O/c1-15-3-5-20-18(13-15)19-14-17(4-6-21(19)24-20)22(26)25(2)12-9-16-7-10-23-11-8-16/h3,5,7-8,10-11,13,17,24H,4,6,9,12,14H2,1-2H3. The second-order valence-corrected chi connectivity index (χ2v) is 7.44. The first-order valence-corrected chi connectivity index (χ1v) is 9.36. The zero-order valence-electron chi connectivity index (χ0n) is 15.5. The number of benzene rings is 1. The van der Waals surface area contributed by atoms with E-state index in [-0.39, 0.29) is 11.8 Å². The van der Waals surface area contributed by atoms with Gasteiger partial charge in [-0.1, -0.05) is 11.6 Å². The van der Waals surface area contributed by atoms with Gasteiger partial charge in [0.15, 0.2) is 0 Å². The van der Waals surface area contributed by atoms with Crippen molar-refractivity contribution in [3.8, 4) is 0 Å². The van der Waals surface area contributed by atoms with Gasteiger partial charge in [0.1, 0.15) is 0 Å². The first-order valence-electron chi connectivity index (χ1n) is 9.36. The highest BCUT2D eigenvalue weighted by Gasteiger charge is 2.29. The van der Waals surface area contributed by atoms with Crippen molar-refractivity contribution >= 4 is 16.8 Å². The van der Waals surface area contributed by atoms with Crippen molar-refractivity contribution in [2.24, 2.45) is 5.92 Å².